The second-order valence-corrected chi connectivity index (χ2v) is 4.28. The number of aromatic nitrogens is 2. The topological polar surface area (TPSA) is 81.0 Å². The van der Waals surface area contributed by atoms with Crippen LogP contribution in [0.2, 0.25) is 5.15 Å². The number of rotatable bonds is 5. The van der Waals surface area contributed by atoms with Crippen LogP contribution in [0.4, 0.5) is 15.9 Å². The van der Waals surface area contributed by atoms with E-state index >= 15 is 0 Å². The van der Waals surface area contributed by atoms with Gasteiger partial charge in [-0.15, -0.1) is 0 Å². The number of halogens is 2. The summed E-state index contributed by atoms with van der Waals surface area (Å²) in [6.45, 7) is 0.403. The number of hydrogen-bond donors (Lipinski definition) is 1. The van der Waals surface area contributed by atoms with Crippen molar-refractivity contribution < 1.29 is 9.31 Å². The normalized spacial score (nSPS) is 10.3. The summed E-state index contributed by atoms with van der Waals surface area (Å²) in [6, 6.07) is 6.02. The van der Waals surface area contributed by atoms with Gasteiger partial charge in [-0.05, 0) is 24.1 Å². The second kappa shape index (κ2) is 6.25. The Morgan fingerprint density at radius 2 is 2.00 bits per heavy atom. The molecule has 0 bridgehead atoms. The van der Waals surface area contributed by atoms with Crippen LogP contribution < -0.4 is 5.32 Å². The monoisotopic (exact) mass is 296 g/mol. The standard InChI is InChI=1S/C12H10ClFN4O2/c13-11-10(18(19)20)12(17-7-16-11)15-6-5-8-1-3-9(14)4-2-8/h1-4,7H,5-6H2,(H,15,16,17). The Morgan fingerprint density at radius 3 is 2.65 bits per heavy atom. The fraction of sp³-hybridized carbons (Fsp3) is 0.167. The molecule has 1 aromatic carbocycles. The van der Waals surface area contributed by atoms with Crippen molar-refractivity contribution in [2.45, 2.75) is 6.42 Å². The molecule has 0 saturated carbocycles. The Balaban J connectivity index is 2.02. The van der Waals surface area contributed by atoms with Gasteiger partial charge in [0, 0.05) is 6.54 Å². The SMILES string of the molecule is O=[N+]([O-])c1c(Cl)ncnc1NCCc1ccc(F)cc1. The zero-order valence-corrected chi connectivity index (χ0v) is 11.0. The molecule has 0 spiro atoms. The van der Waals surface area contributed by atoms with Crippen molar-refractivity contribution in [3.63, 3.8) is 0 Å². The van der Waals surface area contributed by atoms with Gasteiger partial charge >= 0.3 is 5.69 Å². The number of nitrogens with zero attached hydrogens (tertiary/aromatic N) is 3. The van der Waals surface area contributed by atoms with Crippen LogP contribution in [-0.2, 0) is 6.42 Å². The summed E-state index contributed by atoms with van der Waals surface area (Å²) in [5.74, 6) is -0.239. The molecule has 0 fully saturated rings. The van der Waals surface area contributed by atoms with Gasteiger partial charge in [-0.3, -0.25) is 10.1 Å². The van der Waals surface area contributed by atoms with Gasteiger partial charge < -0.3 is 5.32 Å². The molecular formula is C12H10ClFN4O2. The summed E-state index contributed by atoms with van der Waals surface area (Å²) in [5, 5.41) is 13.5. The fourth-order valence-corrected chi connectivity index (χ4v) is 1.83. The van der Waals surface area contributed by atoms with E-state index in [1.807, 2.05) is 0 Å². The first-order chi connectivity index (χ1) is 9.58. The molecule has 0 saturated heterocycles. The van der Waals surface area contributed by atoms with Gasteiger partial charge in [0.1, 0.15) is 12.1 Å². The molecule has 0 atom stereocenters. The number of anilines is 1. The highest BCUT2D eigenvalue weighted by Crippen LogP contribution is 2.28. The van der Waals surface area contributed by atoms with E-state index < -0.39 is 4.92 Å². The van der Waals surface area contributed by atoms with Gasteiger partial charge in [-0.25, -0.2) is 14.4 Å². The second-order valence-electron chi connectivity index (χ2n) is 3.92. The largest absolute Gasteiger partial charge is 0.364 e. The number of benzene rings is 1. The molecule has 104 valence electrons. The van der Waals surface area contributed by atoms with Crippen LogP contribution >= 0.6 is 11.6 Å². The molecule has 0 aliphatic rings. The molecule has 0 aliphatic carbocycles. The Morgan fingerprint density at radius 1 is 1.30 bits per heavy atom. The van der Waals surface area contributed by atoms with E-state index in [1.165, 1.54) is 12.1 Å². The number of nitro groups is 1. The fourth-order valence-electron chi connectivity index (χ4n) is 1.62. The summed E-state index contributed by atoms with van der Waals surface area (Å²) < 4.78 is 12.7. The molecule has 0 unspecified atom stereocenters. The smallest absolute Gasteiger partial charge is 0.348 e. The minimum atomic E-state index is -0.636. The summed E-state index contributed by atoms with van der Waals surface area (Å²) in [5.41, 5.74) is 0.551. The van der Waals surface area contributed by atoms with Crippen LogP contribution in [0, 0.1) is 15.9 Å². The van der Waals surface area contributed by atoms with Crippen LogP contribution in [0.15, 0.2) is 30.6 Å². The third-order valence-electron chi connectivity index (χ3n) is 2.58. The lowest BCUT2D eigenvalue weighted by Crippen LogP contribution is -2.09. The van der Waals surface area contributed by atoms with Gasteiger partial charge in [0.05, 0.1) is 4.92 Å². The third kappa shape index (κ3) is 3.39. The van der Waals surface area contributed by atoms with Crippen molar-refractivity contribution in [2.75, 3.05) is 11.9 Å². The average molecular weight is 297 g/mol. The first-order valence-corrected chi connectivity index (χ1v) is 6.09. The highest BCUT2D eigenvalue weighted by atomic mass is 35.5. The maximum Gasteiger partial charge on any atom is 0.348 e. The zero-order valence-electron chi connectivity index (χ0n) is 10.2. The molecule has 6 nitrogen and oxygen atoms in total. The summed E-state index contributed by atoms with van der Waals surface area (Å²) in [4.78, 5) is 17.6. The summed E-state index contributed by atoms with van der Waals surface area (Å²) in [7, 11) is 0. The summed E-state index contributed by atoms with van der Waals surface area (Å²) in [6.07, 6.45) is 1.72. The average Bonchev–Trinajstić information content (AvgIpc) is 2.40. The van der Waals surface area contributed by atoms with Crippen molar-refractivity contribution in [3.8, 4) is 0 Å². The lowest BCUT2D eigenvalue weighted by molar-refractivity contribution is -0.384. The lowest BCUT2D eigenvalue weighted by Gasteiger charge is -2.06. The highest BCUT2D eigenvalue weighted by molar-refractivity contribution is 6.31. The van der Waals surface area contributed by atoms with E-state index in [0.717, 1.165) is 11.9 Å². The van der Waals surface area contributed by atoms with Gasteiger partial charge in [0.15, 0.2) is 0 Å². The zero-order chi connectivity index (χ0) is 14.5. The molecule has 0 radical (unpaired) electrons. The lowest BCUT2D eigenvalue weighted by atomic mass is 10.1. The number of hydrogen-bond acceptors (Lipinski definition) is 5. The van der Waals surface area contributed by atoms with Crippen LogP contribution in [0.25, 0.3) is 0 Å². The molecule has 2 rings (SSSR count). The first kappa shape index (κ1) is 14.1. The maximum atomic E-state index is 12.7. The molecule has 8 heteroatoms. The minimum Gasteiger partial charge on any atom is -0.364 e. The third-order valence-corrected chi connectivity index (χ3v) is 2.86. The number of nitrogens with one attached hydrogen (secondary N) is 1. The van der Waals surface area contributed by atoms with E-state index in [4.69, 9.17) is 11.6 Å². The van der Waals surface area contributed by atoms with E-state index in [2.05, 4.69) is 15.3 Å². The van der Waals surface area contributed by atoms with E-state index in [0.29, 0.717) is 13.0 Å². The molecule has 1 aromatic heterocycles. The molecule has 20 heavy (non-hydrogen) atoms. The molecule has 2 aromatic rings. The van der Waals surface area contributed by atoms with E-state index in [9.17, 15) is 14.5 Å². The quantitative estimate of drug-likeness (QED) is 0.521. The van der Waals surface area contributed by atoms with Gasteiger partial charge in [-0.2, -0.15) is 0 Å². The van der Waals surface area contributed by atoms with Crippen LogP contribution in [0.3, 0.4) is 0 Å². The van der Waals surface area contributed by atoms with Gasteiger partial charge in [0.25, 0.3) is 0 Å². The van der Waals surface area contributed by atoms with E-state index in [1.54, 1.807) is 12.1 Å². The van der Waals surface area contributed by atoms with Crippen molar-refractivity contribution >= 4 is 23.1 Å². The predicted octanol–water partition coefficient (Wildman–Crippen LogP) is 2.83. The first-order valence-electron chi connectivity index (χ1n) is 5.71. The minimum absolute atomic E-state index is 0.0668. The Hall–Kier alpha value is -2.28. The van der Waals surface area contributed by atoms with Crippen LogP contribution in [0.1, 0.15) is 5.56 Å². The Bertz CT molecular complexity index is 621. The van der Waals surface area contributed by atoms with Crippen LogP contribution in [0.5, 0.6) is 0 Å². The molecule has 1 N–H and O–H groups in total. The van der Waals surface area contributed by atoms with E-state index in [-0.39, 0.29) is 22.5 Å². The van der Waals surface area contributed by atoms with Crippen molar-refractivity contribution in [3.05, 3.63) is 57.2 Å². The Labute approximate surface area is 118 Å². The Kier molecular flexibility index (Phi) is 4.41. The van der Waals surface area contributed by atoms with Crippen molar-refractivity contribution in [1.82, 2.24) is 9.97 Å². The molecule has 0 aliphatic heterocycles. The highest BCUT2D eigenvalue weighted by Gasteiger charge is 2.20. The maximum absolute atomic E-state index is 12.7. The van der Waals surface area contributed by atoms with Gasteiger partial charge in [0.2, 0.25) is 11.0 Å². The van der Waals surface area contributed by atoms with Gasteiger partial charge in [-0.1, -0.05) is 23.7 Å². The van der Waals surface area contributed by atoms with Crippen molar-refractivity contribution in [1.29, 1.82) is 0 Å². The predicted molar refractivity (Wildman–Crippen MR) is 72.3 cm³/mol. The summed E-state index contributed by atoms with van der Waals surface area (Å²) >= 11 is 5.66. The van der Waals surface area contributed by atoms with Crippen LogP contribution in [-0.4, -0.2) is 21.4 Å². The molecule has 1 heterocycles. The van der Waals surface area contributed by atoms with Crippen molar-refractivity contribution in [2.24, 2.45) is 0 Å². The molecular weight excluding hydrogens is 287 g/mol. The molecule has 0 amide bonds.